The molecule has 8 amide bonds. The van der Waals surface area contributed by atoms with Gasteiger partial charge in [-0.15, -0.1) is 0 Å². The van der Waals surface area contributed by atoms with Gasteiger partial charge in [-0.1, -0.05) is 108 Å². The standard InChI is InChI=1S/C60H89N9O18/c1-5-34(2)29-35(3)15-11-8-6-7-9-14-18-46(76)63-41-31-45(75)57(86-28-26-62-60(85)87-33-37-16-12-10-13-17-37)67-56(82)50-44(74)24-27-68(50)59(84)48(43(73)23-25-61)65-55(81)49(52(78)51(77)38-19-21-39(71)22-20-38)66-54(80)42-30-40(72)32-69(42)58(83)47(36(4)70)64-53(41)79/h10,12-13,16-17,19-22,34-36,40-45,47-52,57,70-75,77-78H,5-9,11,14-15,18,23-24,26-33H2,1-4H3,(H,62,85)(H,63,76)(H,64,79)(H,65,81)(H,66,80)(H,67,82)/t34-,35+,36+,40+,41?,42?,43+,44-,45+,47-,48-,49-,50?,51-,52-,57+/m0/s1. The van der Waals surface area contributed by atoms with E-state index in [0.29, 0.717) is 30.2 Å². The van der Waals surface area contributed by atoms with Gasteiger partial charge >= 0.3 is 6.09 Å². The molecule has 482 valence electrons. The summed E-state index contributed by atoms with van der Waals surface area (Å²) in [7, 11) is 0. The lowest BCUT2D eigenvalue weighted by atomic mass is 9.91. The third-order valence-corrected chi connectivity index (χ3v) is 16.1. The third kappa shape index (κ3) is 21.4. The van der Waals surface area contributed by atoms with Crippen molar-refractivity contribution in [3.8, 4) is 11.8 Å². The van der Waals surface area contributed by atoms with E-state index in [2.05, 4.69) is 52.7 Å². The van der Waals surface area contributed by atoms with Crippen LogP contribution in [0.5, 0.6) is 5.75 Å². The number of alkyl carbamates (subject to hydrolysis) is 1. The molecule has 0 saturated carbocycles. The Bertz CT molecular complexity index is 2610. The topological polar surface area (TPSA) is 419 Å². The van der Waals surface area contributed by atoms with Gasteiger partial charge in [0.25, 0.3) is 0 Å². The molecule has 27 heteroatoms. The molecule has 3 heterocycles. The van der Waals surface area contributed by atoms with Crippen molar-refractivity contribution < 1.29 is 88.7 Å². The number of phenols is 1. The number of hydrogen-bond donors (Lipinski definition) is 14. The molecule has 3 aliphatic heterocycles. The van der Waals surface area contributed by atoms with Crippen LogP contribution in [0.1, 0.15) is 135 Å². The van der Waals surface area contributed by atoms with E-state index >= 15 is 0 Å². The molecule has 87 heavy (non-hydrogen) atoms. The first-order valence-corrected chi connectivity index (χ1v) is 30.0. The van der Waals surface area contributed by atoms with E-state index in [-0.39, 0.29) is 37.3 Å². The number of carbonyl (C=O) groups excluding carboxylic acids is 8. The summed E-state index contributed by atoms with van der Waals surface area (Å²) in [4.78, 5) is 116. The molecule has 3 saturated heterocycles. The van der Waals surface area contributed by atoms with Crippen LogP contribution in [0.25, 0.3) is 0 Å². The van der Waals surface area contributed by atoms with Gasteiger partial charge in [-0.2, -0.15) is 5.26 Å². The van der Waals surface area contributed by atoms with Gasteiger partial charge in [0.1, 0.15) is 66.9 Å². The second-order valence-corrected chi connectivity index (χ2v) is 23.1. The number of nitrogens with one attached hydrogen (secondary N) is 6. The summed E-state index contributed by atoms with van der Waals surface area (Å²) in [5.74, 6) is -7.24. The summed E-state index contributed by atoms with van der Waals surface area (Å²) in [6.45, 7) is 5.88. The Morgan fingerprint density at radius 2 is 1.39 bits per heavy atom. The predicted molar refractivity (Wildman–Crippen MR) is 310 cm³/mol. The maximum absolute atomic E-state index is 14.7. The summed E-state index contributed by atoms with van der Waals surface area (Å²) in [6, 6.07) is 3.10. The van der Waals surface area contributed by atoms with Crippen molar-refractivity contribution in [1.82, 2.24) is 41.7 Å². The smallest absolute Gasteiger partial charge is 0.407 e. The SMILES string of the molecule is CC[C@H](C)C[C@H](C)CCCCCCCCC(=O)NC1C[C@@H](O)[C@@H](OCCNC(=O)OCc2ccccc2)NC(=O)C2[C@@H](O)CCN2C(=O)[C@H]([C@H](O)CC#N)NC(=O)[C@H]([C@H](O)[C@@H](O)c2ccc(O)cc2)NC(=O)C2C[C@@H](O)CN2C(=O)[C@H]([C@@H](C)O)NC1=O. The molecule has 0 aromatic heterocycles. The number of rotatable bonds is 25. The number of aliphatic hydroxyl groups is 7. The second-order valence-electron chi connectivity index (χ2n) is 23.1. The van der Waals surface area contributed by atoms with Crippen molar-refractivity contribution in [2.45, 2.75) is 209 Å². The van der Waals surface area contributed by atoms with E-state index in [9.17, 15) is 84.5 Å². The Morgan fingerprint density at radius 1 is 0.747 bits per heavy atom. The quantitative estimate of drug-likeness (QED) is 0.0565. The molecule has 27 nitrogen and oxygen atoms in total. The largest absolute Gasteiger partial charge is 0.508 e. The van der Waals surface area contributed by atoms with Crippen molar-refractivity contribution in [1.29, 1.82) is 5.26 Å². The van der Waals surface area contributed by atoms with E-state index in [1.807, 2.05) is 0 Å². The fraction of sp³-hybridized carbons (Fsp3) is 0.650. The van der Waals surface area contributed by atoms with Gasteiger partial charge in [0.15, 0.2) is 6.23 Å². The minimum Gasteiger partial charge on any atom is -0.508 e. The van der Waals surface area contributed by atoms with Crippen LogP contribution in [-0.2, 0) is 49.6 Å². The second kappa shape index (κ2) is 35.1. The fourth-order valence-corrected chi connectivity index (χ4v) is 10.9. The van der Waals surface area contributed by atoms with E-state index in [4.69, 9.17) is 9.47 Å². The van der Waals surface area contributed by atoms with Crippen molar-refractivity contribution in [2.75, 3.05) is 26.2 Å². The normalized spacial score (nSPS) is 26.4. The van der Waals surface area contributed by atoms with Gasteiger partial charge in [-0.05, 0) is 61.3 Å². The average Bonchev–Trinajstić information content (AvgIpc) is 1.98. The number of hydrogen-bond acceptors (Lipinski definition) is 19. The first kappa shape index (κ1) is 70.7. The first-order chi connectivity index (χ1) is 41.4. The number of nitrogens with zero attached hydrogens (tertiary/aromatic N) is 3. The number of benzene rings is 2. The Hall–Kier alpha value is -7.03. The van der Waals surface area contributed by atoms with Crippen LogP contribution < -0.4 is 31.9 Å². The van der Waals surface area contributed by atoms with Gasteiger partial charge in [0.2, 0.25) is 41.4 Å². The van der Waals surface area contributed by atoms with Crippen LogP contribution in [0, 0.1) is 23.2 Å². The highest BCUT2D eigenvalue weighted by atomic mass is 16.6. The van der Waals surface area contributed by atoms with Gasteiger partial charge in [0, 0.05) is 38.9 Å². The number of carbonyl (C=O) groups is 8. The molecular formula is C60H89N9O18. The molecule has 0 spiro atoms. The molecule has 16 atom stereocenters. The van der Waals surface area contributed by atoms with Crippen LogP contribution >= 0.6 is 0 Å². The highest BCUT2D eigenvalue weighted by Crippen LogP contribution is 2.27. The fourth-order valence-electron chi connectivity index (χ4n) is 10.9. The highest BCUT2D eigenvalue weighted by Gasteiger charge is 2.49. The first-order valence-electron chi connectivity index (χ1n) is 30.0. The maximum Gasteiger partial charge on any atom is 0.407 e. The van der Waals surface area contributed by atoms with E-state index < -0.39 is 172 Å². The summed E-state index contributed by atoms with van der Waals surface area (Å²) >= 11 is 0. The Kier molecular flexibility index (Phi) is 28.5. The van der Waals surface area contributed by atoms with Gasteiger partial charge < -0.3 is 92.0 Å². The van der Waals surface area contributed by atoms with E-state index in [1.165, 1.54) is 18.6 Å². The highest BCUT2D eigenvalue weighted by molar-refractivity contribution is 5.98. The van der Waals surface area contributed by atoms with Crippen LogP contribution in [0.3, 0.4) is 0 Å². The molecule has 0 bridgehead atoms. The molecule has 0 aliphatic carbocycles. The third-order valence-electron chi connectivity index (χ3n) is 16.1. The molecule has 5 rings (SSSR count). The lowest BCUT2D eigenvalue weighted by Crippen LogP contribution is -2.64. The number of nitriles is 1. The number of aromatic hydroxyl groups is 1. The molecule has 3 unspecified atom stereocenters. The van der Waals surface area contributed by atoms with E-state index in [0.717, 1.165) is 67.4 Å². The molecule has 2 aromatic rings. The molecule has 3 fully saturated rings. The van der Waals surface area contributed by atoms with Crippen molar-refractivity contribution in [2.24, 2.45) is 11.8 Å². The van der Waals surface area contributed by atoms with E-state index in [1.54, 1.807) is 36.4 Å². The zero-order valence-corrected chi connectivity index (χ0v) is 49.9. The number of phenolic OH excluding ortho intramolecular Hbond substituents is 1. The molecule has 3 aliphatic rings. The van der Waals surface area contributed by atoms with Crippen molar-refractivity contribution in [3.63, 3.8) is 0 Å². The summed E-state index contributed by atoms with van der Waals surface area (Å²) in [6.07, 6.45) is -10.4. The number of fused-ring (bicyclic) bond motifs is 2. The summed E-state index contributed by atoms with van der Waals surface area (Å²) in [5, 5.41) is 114. The average molecular weight is 1220 g/mol. The minimum absolute atomic E-state index is 0.0950. The van der Waals surface area contributed by atoms with Crippen molar-refractivity contribution >= 4 is 47.4 Å². The van der Waals surface area contributed by atoms with Crippen LogP contribution in [-0.4, -0.2) is 203 Å². The van der Waals surface area contributed by atoms with Crippen molar-refractivity contribution in [3.05, 3.63) is 65.7 Å². The van der Waals surface area contributed by atoms with Crippen LogP contribution in [0.2, 0.25) is 0 Å². The number of ether oxygens (including phenoxy) is 2. The lowest BCUT2D eigenvalue weighted by molar-refractivity contribution is -0.149. The van der Waals surface area contributed by atoms with Gasteiger partial charge in [-0.3, -0.25) is 33.6 Å². The van der Waals surface area contributed by atoms with Gasteiger partial charge in [-0.25, -0.2) is 4.79 Å². The summed E-state index contributed by atoms with van der Waals surface area (Å²) in [5.41, 5.74) is 0.570. The minimum atomic E-state index is -2.36. The monoisotopic (exact) mass is 1220 g/mol. The number of aliphatic hydroxyl groups excluding tert-OH is 7. The number of unbranched alkanes of at least 4 members (excludes halogenated alkanes) is 5. The zero-order chi connectivity index (χ0) is 63.9. The maximum atomic E-state index is 14.7. The molecule has 0 radical (unpaired) electrons. The molecule has 14 N–H and O–H groups in total. The number of amides is 8. The Labute approximate surface area is 506 Å². The Balaban J connectivity index is 1.51. The Morgan fingerprint density at radius 3 is 2.06 bits per heavy atom. The summed E-state index contributed by atoms with van der Waals surface area (Å²) < 4.78 is 11.2. The van der Waals surface area contributed by atoms with Gasteiger partial charge in [0.05, 0.1) is 43.5 Å². The van der Waals surface area contributed by atoms with Crippen LogP contribution in [0.4, 0.5) is 4.79 Å². The predicted octanol–water partition coefficient (Wildman–Crippen LogP) is -0.352. The zero-order valence-electron chi connectivity index (χ0n) is 49.9. The molecule has 2 aromatic carbocycles. The lowest BCUT2D eigenvalue weighted by Gasteiger charge is -2.34. The molecular weight excluding hydrogens is 1130 g/mol. The van der Waals surface area contributed by atoms with Crippen LogP contribution in [0.15, 0.2) is 54.6 Å².